The Morgan fingerprint density at radius 2 is 0.739 bits per heavy atom. The van der Waals surface area contributed by atoms with Gasteiger partial charge in [-0.05, 0) is 55.4 Å². The summed E-state index contributed by atoms with van der Waals surface area (Å²) in [6.07, 6.45) is -1.22. The van der Waals surface area contributed by atoms with Gasteiger partial charge in [-0.1, -0.05) is 121 Å². The van der Waals surface area contributed by atoms with E-state index >= 15 is 0 Å². The Kier molecular flexibility index (Phi) is 11.9. The lowest BCUT2D eigenvalue weighted by Gasteiger charge is -2.44. The van der Waals surface area contributed by atoms with Gasteiger partial charge in [-0.15, -0.1) is 0 Å². The van der Waals surface area contributed by atoms with Crippen molar-refractivity contribution in [2.45, 2.75) is 65.7 Å². The summed E-state index contributed by atoms with van der Waals surface area (Å²) in [4.78, 5) is 0. The number of hydrogen-bond acceptors (Lipinski definition) is 2. The average molecular weight is 631 g/mol. The quantitative estimate of drug-likeness (QED) is 0.122. The van der Waals surface area contributed by atoms with E-state index in [4.69, 9.17) is 9.47 Å². The number of benzene rings is 5. The molecule has 5 aromatic rings. The standard InChI is InChI=1S/C24H20B.C18H31O2P/c1-5-13-21(14-6-1)25(22-15-7-2-8-16-22,23-17-9-3-10-18-23)24-19-11-4-12-20-24;1-9-19-14-11-15(20-10-2)13-16(12-14)21(17(3,4)5)18(6,7)8/h1-20H;11-13H,9-10H2,1-8H3/q-1;/p+1. The van der Waals surface area contributed by atoms with Crippen LogP contribution < -0.4 is 36.6 Å². The van der Waals surface area contributed by atoms with Crippen LogP contribution in [-0.4, -0.2) is 29.7 Å². The van der Waals surface area contributed by atoms with Crippen LogP contribution in [-0.2, 0) is 0 Å². The van der Waals surface area contributed by atoms with Crippen molar-refractivity contribution in [2.24, 2.45) is 0 Å². The monoisotopic (exact) mass is 630 g/mol. The molecule has 0 radical (unpaired) electrons. The molecular formula is C42H52BO2P. The molecule has 0 N–H and O–H groups in total. The molecule has 0 aliphatic heterocycles. The van der Waals surface area contributed by atoms with E-state index in [2.05, 4.69) is 175 Å². The summed E-state index contributed by atoms with van der Waals surface area (Å²) in [5.74, 6) is 1.85. The molecule has 0 atom stereocenters. The predicted octanol–water partition coefficient (Wildman–Crippen LogP) is 7.98. The Morgan fingerprint density at radius 1 is 0.457 bits per heavy atom. The molecule has 0 amide bonds. The first-order valence-electron chi connectivity index (χ1n) is 16.7. The Labute approximate surface area is 279 Å². The Balaban J connectivity index is 0.000000213. The smallest absolute Gasteiger partial charge is 0.126 e. The van der Waals surface area contributed by atoms with Gasteiger partial charge in [0, 0.05) is 26.1 Å². The molecule has 0 heterocycles. The highest BCUT2D eigenvalue weighted by Gasteiger charge is 2.44. The minimum absolute atomic E-state index is 0.275. The lowest BCUT2D eigenvalue weighted by atomic mass is 9.13. The van der Waals surface area contributed by atoms with Crippen molar-refractivity contribution in [3.05, 3.63) is 140 Å². The van der Waals surface area contributed by atoms with Gasteiger partial charge in [0.15, 0.2) is 0 Å². The molecule has 0 saturated carbocycles. The molecule has 0 aliphatic carbocycles. The Hall–Kier alpha value is -3.81. The summed E-state index contributed by atoms with van der Waals surface area (Å²) in [6, 6.07) is 50.0. The van der Waals surface area contributed by atoms with E-state index in [9.17, 15) is 0 Å². The highest BCUT2D eigenvalue weighted by atomic mass is 31.1. The molecule has 0 fully saturated rings. The van der Waals surface area contributed by atoms with Crippen molar-refractivity contribution in [1.29, 1.82) is 0 Å². The molecule has 0 aliphatic rings. The number of rotatable bonds is 9. The maximum Gasteiger partial charge on any atom is 0.126 e. The number of hydrogen-bond donors (Lipinski definition) is 0. The van der Waals surface area contributed by atoms with Crippen LogP contribution in [0.25, 0.3) is 0 Å². The van der Waals surface area contributed by atoms with Crippen molar-refractivity contribution in [1.82, 2.24) is 0 Å². The van der Waals surface area contributed by atoms with Crippen molar-refractivity contribution in [3.63, 3.8) is 0 Å². The molecule has 4 heteroatoms. The predicted molar refractivity (Wildman–Crippen MR) is 206 cm³/mol. The van der Waals surface area contributed by atoms with E-state index in [0.29, 0.717) is 13.2 Å². The van der Waals surface area contributed by atoms with Crippen LogP contribution in [0, 0.1) is 0 Å². The second kappa shape index (κ2) is 15.7. The van der Waals surface area contributed by atoms with Gasteiger partial charge in [-0.25, -0.2) is 0 Å². The van der Waals surface area contributed by atoms with E-state index in [1.807, 2.05) is 19.9 Å². The zero-order chi connectivity index (χ0) is 33.2. The second-order valence-electron chi connectivity index (χ2n) is 13.9. The Morgan fingerprint density at radius 3 is 0.978 bits per heavy atom. The van der Waals surface area contributed by atoms with Crippen LogP contribution in [0.2, 0.25) is 0 Å². The molecule has 0 unspecified atom stereocenters. The lowest BCUT2D eigenvalue weighted by molar-refractivity contribution is 0.323. The van der Waals surface area contributed by atoms with Crippen LogP contribution in [0.5, 0.6) is 11.5 Å². The zero-order valence-corrected chi connectivity index (χ0v) is 30.1. The summed E-state index contributed by atoms with van der Waals surface area (Å²) in [5, 5.41) is 1.95. The summed E-state index contributed by atoms with van der Waals surface area (Å²) >= 11 is 0. The fourth-order valence-electron chi connectivity index (χ4n) is 7.33. The first kappa shape index (κ1) is 35.1. The molecule has 2 nitrogen and oxygen atoms in total. The first-order chi connectivity index (χ1) is 22.0. The molecule has 0 spiro atoms. The van der Waals surface area contributed by atoms with Crippen molar-refractivity contribution >= 4 is 41.2 Å². The third-order valence-corrected chi connectivity index (χ3v) is 12.4. The van der Waals surface area contributed by atoms with Crippen LogP contribution in [0.15, 0.2) is 140 Å². The van der Waals surface area contributed by atoms with Gasteiger partial charge in [-0.2, -0.15) is 21.9 Å². The molecule has 0 bridgehead atoms. The third-order valence-electron chi connectivity index (χ3n) is 8.49. The highest BCUT2D eigenvalue weighted by Crippen LogP contribution is 2.58. The molecule has 5 rings (SSSR count). The topological polar surface area (TPSA) is 18.5 Å². The molecular weight excluding hydrogens is 578 g/mol. The van der Waals surface area contributed by atoms with Crippen LogP contribution in [0.1, 0.15) is 55.4 Å². The maximum absolute atomic E-state index is 5.75. The highest BCUT2D eigenvalue weighted by molar-refractivity contribution is 7.68. The molecule has 0 saturated heterocycles. The molecule has 5 aromatic carbocycles. The van der Waals surface area contributed by atoms with Gasteiger partial charge < -0.3 is 9.47 Å². The van der Waals surface area contributed by atoms with Crippen LogP contribution in [0.3, 0.4) is 0 Å². The van der Waals surface area contributed by atoms with Gasteiger partial charge in [-0.3, -0.25) is 0 Å². The van der Waals surface area contributed by atoms with E-state index in [1.165, 1.54) is 27.2 Å². The van der Waals surface area contributed by atoms with Gasteiger partial charge in [0.2, 0.25) is 0 Å². The van der Waals surface area contributed by atoms with Gasteiger partial charge >= 0.3 is 0 Å². The van der Waals surface area contributed by atoms with Gasteiger partial charge in [0.25, 0.3) is 0 Å². The van der Waals surface area contributed by atoms with Crippen molar-refractivity contribution < 1.29 is 9.47 Å². The summed E-state index contributed by atoms with van der Waals surface area (Å²) in [5.41, 5.74) is 5.36. The van der Waals surface area contributed by atoms with E-state index in [0.717, 1.165) is 11.5 Å². The largest absolute Gasteiger partial charge is 0.494 e. The van der Waals surface area contributed by atoms with Gasteiger partial charge in [0.05, 0.1) is 28.8 Å². The fraction of sp³-hybridized carbons (Fsp3) is 0.286. The first-order valence-corrected chi connectivity index (χ1v) is 18.2. The van der Waals surface area contributed by atoms with E-state index in [-0.39, 0.29) is 10.3 Å². The van der Waals surface area contributed by atoms with E-state index in [1.54, 1.807) is 0 Å². The third kappa shape index (κ3) is 8.31. The molecule has 240 valence electrons. The Bertz CT molecular complexity index is 1410. The zero-order valence-electron chi connectivity index (χ0n) is 29.1. The average Bonchev–Trinajstić information content (AvgIpc) is 3.03. The van der Waals surface area contributed by atoms with Crippen LogP contribution >= 0.6 is 7.92 Å². The summed E-state index contributed by atoms with van der Waals surface area (Å²) < 4.78 is 11.5. The number of ether oxygens (including phenoxy) is 2. The summed E-state index contributed by atoms with van der Waals surface area (Å²) in [7, 11) is -0.793. The van der Waals surface area contributed by atoms with Crippen molar-refractivity contribution in [3.8, 4) is 11.5 Å². The lowest BCUT2D eigenvalue weighted by Crippen LogP contribution is -2.74. The van der Waals surface area contributed by atoms with Crippen molar-refractivity contribution in [2.75, 3.05) is 13.2 Å². The SMILES string of the molecule is CCOc1cc(OCC)cc([PH+](C(C)(C)C)C(C)(C)C)c1.c1ccc([B-](c2ccccc2)(c2ccccc2)c2ccccc2)cc1. The second-order valence-corrected chi connectivity index (χ2v) is 18.3. The fourth-order valence-corrected chi connectivity index (χ4v) is 11.9. The minimum atomic E-state index is -1.22. The van der Waals surface area contributed by atoms with Gasteiger partial charge in [0.1, 0.15) is 17.6 Å². The molecule has 46 heavy (non-hydrogen) atoms. The van der Waals surface area contributed by atoms with Crippen LogP contribution in [0.4, 0.5) is 0 Å². The van der Waals surface area contributed by atoms with E-state index < -0.39 is 14.1 Å². The molecule has 0 aromatic heterocycles. The summed E-state index contributed by atoms with van der Waals surface area (Å²) in [6.45, 7) is 19.5. The maximum atomic E-state index is 5.75. The normalized spacial score (nSPS) is 11.8. The minimum Gasteiger partial charge on any atom is -0.494 e.